The highest BCUT2D eigenvalue weighted by Crippen LogP contribution is 2.10. The molecule has 1 aliphatic heterocycles. The van der Waals surface area contributed by atoms with Crippen LogP contribution in [0.5, 0.6) is 0 Å². The normalized spacial score (nSPS) is 16.0. The molecular weight excluding hydrogens is 248 g/mol. The van der Waals surface area contributed by atoms with Gasteiger partial charge >= 0.3 is 0 Å². The van der Waals surface area contributed by atoms with Crippen molar-refractivity contribution in [1.29, 1.82) is 0 Å². The Hall–Kier alpha value is -1.63. The van der Waals surface area contributed by atoms with Crippen molar-refractivity contribution < 1.29 is 14.4 Å². The Kier molecular flexibility index (Phi) is 6.27. The number of piperidine rings is 1. The summed E-state index contributed by atoms with van der Waals surface area (Å²) in [6.07, 6.45) is 1.98. The first-order valence-electron chi connectivity index (χ1n) is 6.60. The van der Waals surface area contributed by atoms with Gasteiger partial charge in [-0.05, 0) is 12.8 Å². The zero-order valence-electron chi connectivity index (χ0n) is 11.3. The molecule has 0 aromatic carbocycles. The van der Waals surface area contributed by atoms with Gasteiger partial charge in [0.25, 0.3) is 0 Å². The second-order valence-electron chi connectivity index (χ2n) is 4.56. The van der Waals surface area contributed by atoms with E-state index in [1.54, 1.807) is 4.90 Å². The van der Waals surface area contributed by atoms with E-state index in [1.165, 1.54) is 0 Å². The summed E-state index contributed by atoms with van der Waals surface area (Å²) in [6.45, 7) is 2.90. The monoisotopic (exact) mass is 270 g/mol. The lowest BCUT2D eigenvalue weighted by molar-refractivity contribution is -0.133. The molecule has 0 aliphatic carbocycles. The summed E-state index contributed by atoms with van der Waals surface area (Å²) in [5, 5.41) is 5.38. The Labute approximate surface area is 112 Å². The molecule has 1 saturated heterocycles. The molecule has 7 heteroatoms. The van der Waals surface area contributed by atoms with Gasteiger partial charge in [-0.25, -0.2) is 0 Å². The third-order valence-electron chi connectivity index (χ3n) is 3.16. The van der Waals surface area contributed by atoms with Gasteiger partial charge in [-0.15, -0.1) is 0 Å². The maximum absolute atomic E-state index is 11.8. The lowest BCUT2D eigenvalue weighted by Crippen LogP contribution is -2.49. The van der Waals surface area contributed by atoms with E-state index in [0.717, 1.165) is 12.8 Å². The van der Waals surface area contributed by atoms with Crippen LogP contribution in [0.3, 0.4) is 0 Å². The molecule has 108 valence electrons. The largest absolute Gasteiger partial charge is 0.353 e. The first kappa shape index (κ1) is 15.4. The minimum absolute atomic E-state index is 0.0119. The molecule has 1 heterocycles. The quantitative estimate of drug-likeness (QED) is 0.570. The third-order valence-corrected chi connectivity index (χ3v) is 3.16. The first-order chi connectivity index (χ1) is 9.06. The van der Waals surface area contributed by atoms with Crippen LogP contribution in [0, 0.1) is 0 Å². The van der Waals surface area contributed by atoms with Crippen LogP contribution >= 0.6 is 0 Å². The topological polar surface area (TPSA) is 105 Å². The molecule has 1 aliphatic rings. The fourth-order valence-electron chi connectivity index (χ4n) is 1.96. The van der Waals surface area contributed by atoms with Gasteiger partial charge in [-0.1, -0.05) is 6.92 Å². The molecule has 0 bridgehead atoms. The maximum atomic E-state index is 11.8. The molecule has 0 atom stereocenters. The highest BCUT2D eigenvalue weighted by molar-refractivity contribution is 5.85. The molecule has 0 aromatic rings. The number of carbonyl (C=O) groups is 3. The molecule has 7 nitrogen and oxygen atoms in total. The minimum Gasteiger partial charge on any atom is -0.353 e. The second kappa shape index (κ2) is 7.73. The maximum Gasteiger partial charge on any atom is 0.241 e. The van der Waals surface area contributed by atoms with Crippen LogP contribution in [0.1, 0.15) is 26.2 Å². The van der Waals surface area contributed by atoms with E-state index in [4.69, 9.17) is 5.73 Å². The van der Waals surface area contributed by atoms with Gasteiger partial charge < -0.3 is 21.3 Å². The average Bonchev–Trinajstić information content (AvgIpc) is 2.44. The molecular formula is C12H22N4O3. The average molecular weight is 270 g/mol. The van der Waals surface area contributed by atoms with Crippen LogP contribution in [-0.2, 0) is 14.4 Å². The summed E-state index contributed by atoms with van der Waals surface area (Å²) in [5.41, 5.74) is 5.14. The summed E-state index contributed by atoms with van der Waals surface area (Å²) in [4.78, 5) is 35.7. The van der Waals surface area contributed by atoms with Gasteiger partial charge in [0.1, 0.15) is 0 Å². The molecule has 0 radical (unpaired) electrons. The summed E-state index contributed by atoms with van der Waals surface area (Å²) >= 11 is 0. The molecule has 19 heavy (non-hydrogen) atoms. The molecule has 0 unspecified atom stereocenters. The van der Waals surface area contributed by atoms with Crippen molar-refractivity contribution in [3.63, 3.8) is 0 Å². The number of hydrogen-bond donors (Lipinski definition) is 3. The van der Waals surface area contributed by atoms with Gasteiger partial charge in [0.05, 0.1) is 13.1 Å². The summed E-state index contributed by atoms with van der Waals surface area (Å²) < 4.78 is 0. The van der Waals surface area contributed by atoms with Crippen LogP contribution in [0.4, 0.5) is 0 Å². The van der Waals surface area contributed by atoms with Crippen LogP contribution in [0.2, 0.25) is 0 Å². The predicted octanol–water partition coefficient (Wildman–Crippen LogP) is -1.42. The zero-order valence-corrected chi connectivity index (χ0v) is 11.3. The number of rotatable bonds is 5. The predicted molar refractivity (Wildman–Crippen MR) is 70.1 cm³/mol. The van der Waals surface area contributed by atoms with Crippen molar-refractivity contribution >= 4 is 17.7 Å². The van der Waals surface area contributed by atoms with Crippen molar-refractivity contribution in [3.05, 3.63) is 0 Å². The second-order valence-corrected chi connectivity index (χ2v) is 4.56. The van der Waals surface area contributed by atoms with Crippen LogP contribution in [0.15, 0.2) is 0 Å². The minimum atomic E-state index is -0.335. The number of hydrogen-bond acceptors (Lipinski definition) is 4. The van der Waals surface area contributed by atoms with Gasteiger partial charge in [0, 0.05) is 25.6 Å². The third kappa shape index (κ3) is 5.25. The lowest BCUT2D eigenvalue weighted by atomic mass is 10.0. The van der Waals surface area contributed by atoms with Gasteiger partial charge in [0.2, 0.25) is 17.7 Å². The SMILES string of the molecule is CCC(=O)NC1CCN(C(=O)CNC(=O)CN)CC1. The molecule has 1 rings (SSSR count). The van der Waals surface area contributed by atoms with Gasteiger partial charge in [-0.2, -0.15) is 0 Å². The fraction of sp³-hybridized carbons (Fsp3) is 0.750. The van der Waals surface area contributed by atoms with Crippen LogP contribution < -0.4 is 16.4 Å². The highest BCUT2D eigenvalue weighted by atomic mass is 16.2. The van der Waals surface area contributed by atoms with Gasteiger partial charge in [-0.3, -0.25) is 14.4 Å². The zero-order chi connectivity index (χ0) is 14.3. The number of nitrogens with zero attached hydrogens (tertiary/aromatic N) is 1. The number of nitrogens with one attached hydrogen (secondary N) is 2. The molecule has 4 N–H and O–H groups in total. The highest BCUT2D eigenvalue weighted by Gasteiger charge is 2.23. The smallest absolute Gasteiger partial charge is 0.241 e. The van der Waals surface area contributed by atoms with E-state index < -0.39 is 0 Å². The molecule has 0 spiro atoms. The first-order valence-corrected chi connectivity index (χ1v) is 6.60. The Morgan fingerprint density at radius 2 is 1.84 bits per heavy atom. The van der Waals surface area contributed by atoms with E-state index in [-0.39, 0.29) is 36.9 Å². The van der Waals surface area contributed by atoms with Crippen LogP contribution in [0.25, 0.3) is 0 Å². The standard InChI is InChI=1S/C12H22N4O3/c1-2-10(17)15-9-3-5-16(6-4-9)12(19)8-14-11(18)7-13/h9H,2-8,13H2,1H3,(H,14,18)(H,15,17). The van der Waals surface area contributed by atoms with E-state index in [1.807, 2.05) is 6.92 Å². The molecule has 0 aromatic heterocycles. The van der Waals surface area contributed by atoms with Crippen LogP contribution in [-0.4, -0.2) is 54.8 Å². The lowest BCUT2D eigenvalue weighted by Gasteiger charge is -2.32. The Balaban J connectivity index is 2.27. The number of amides is 3. The Morgan fingerprint density at radius 3 is 2.37 bits per heavy atom. The van der Waals surface area contributed by atoms with Crippen molar-refractivity contribution in [2.24, 2.45) is 5.73 Å². The van der Waals surface area contributed by atoms with E-state index in [9.17, 15) is 14.4 Å². The summed E-state index contributed by atoms with van der Waals surface area (Å²) in [5.74, 6) is -0.402. The van der Waals surface area contributed by atoms with Gasteiger partial charge in [0.15, 0.2) is 0 Å². The summed E-state index contributed by atoms with van der Waals surface area (Å²) in [6, 6.07) is 0.148. The Bertz CT molecular complexity index is 338. The Morgan fingerprint density at radius 1 is 1.21 bits per heavy atom. The van der Waals surface area contributed by atoms with E-state index >= 15 is 0 Å². The summed E-state index contributed by atoms with van der Waals surface area (Å²) in [7, 11) is 0. The molecule has 1 fully saturated rings. The number of nitrogens with two attached hydrogens (primary N) is 1. The van der Waals surface area contributed by atoms with Crippen molar-refractivity contribution in [2.75, 3.05) is 26.2 Å². The molecule has 3 amide bonds. The van der Waals surface area contributed by atoms with E-state index in [0.29, 0.717) is 19.5 Å². The number of carbonyl (C=O) groups excluding carboxylic acids is 3. The fourth-order valence-corrected chi connectivity index (χ4v) is 1.96. The van der Waals surface area contributed by atoms with Crippen molar-refractivity contribution in [2.45, 2.75) is 32.2 Å². The number of likely N-dealkylation sites (tertiary alicyclic amines) is 1. The van der Waals surface area contributed by atoms with E-state index in [2.05, 4.69) is 10.6 Å². The molecule has 0 saturated carbocycles. The van der Waals surface area contributed by atoms with Crippen molar-refractivity contribution in [3.8, 4) is 0 Å². The van der Waals surface area contributed by atoms with Crippen molar-refractivity contribution in [1.82, 2.24) is 15.5 Å².